The van der Waals surface area contributed by atoms with Crippen LogP contribution in [0.1, 0.15) is 49.7 Å². The fraction of sp³-hybridized carbons (Fsp3) is 0.296. The zero-order valence-corrected chi connectivity index (χ0v) is 20.3. The molecule has 0 unspecified atom stereocenters. The number of benzene rings is 2. The first-order valence-corrected chi connectivity index (χ1v) is 12.5. The summed E-state index contributed by atoms with van der Waals surface area (Å²) >= 11 is 1.52. The molecule has 1 saturated heterocycles. The van der Waals surface area contributed by atoms with E-state index in [1.54, 1.807) is 0 Å². The van der Waals surface area contributed by atoms with Gasteiger partial charge in [0, 0.05) is 30.1 Å². The SMILES string of the molecule is Cc1ccccc1C(=O)NC1CCN(C(=O)c2cc3c(C)nn(Cc4ccccc4)c3s2)CC1. The van der Waals surface area contributed by atoms with E-state index >= 15 is 0 Å². The number of piperidine rings is 1. The Hall–Kier alpha value is -3.45. The molecule has 2 amide bonds. The summed E-state index contributed by atoms with van der Waals surface area (Å²) < 4.78 is 1.99. The van der Waals surface area contributed by atoms with E-state index in [1.165, 1.54) is 16.9 Å². The zero-order valence-electron chi connectivity index (χ0n) is 19.5. The number of rotatable bonds is 5. The standard InChI is InChI=1S/C27H28N4O2S/c1-18-8-6-7-11-22(18)25(32)28-21-12-14-30(15-13-21)26(33)24-16-23-19(2)29-31(27(23)34-24)17-20-9-4-3-5-10-20/h3-11,16,21H,12-15,17H2,1-2H3,(H,28,32). The molecule has 7 heteroatoms. The minimum atomic E-state index is -0.0363. The van der Waals surface area contributed by atoms with E-state index in [4.69, 9.17) is 0 Å². The van der Waals surface area contributed by atoms with E-state index in [0.29, 0.717) is 25.2 Å². The number of carbonyl (C=O) groups is 2. The Morgan fingerprint density at radius 1 is 1.03 bits per heavy atom. The van der Waals surface area contributed by atoms with Crippen LogP contribution in [0.3, 0.4) is 0 Å². The molecule has 0 atom stereocenters. The number of likely N-dealkylation sites (tertiary alicyclic amines) is 1. The molecule has 34 heavy (non-hydrogen) atoms. The third kappa shape index (κ3) is 4.48. The van der Waals surface area contributed by atoms with Crippen molar-refractivity contribution in [3.8, 4) is 0 Å². The topological polar surface area (TPSA) is 67.2 Å². The molecule has 3 heterocycles. The van der Waals surface area contributed by atoms with Crippen molar-refractivity contribution in [1.29, 1.82) is 0 Å². The first-order valence-electron chi connectivity index (χ1n) is 11.7. The summed E-state index contributed by atoms with van der Waals surface area (Å²) in [5.74, 6) is 0.0290. The van der Waals surface area contributed by atoms with Crippen LogP contribution in [-0.4, -0.2) is 45.6 Å². The van der Waals surface area contributed by atoms with Crippen molar-refractivity contribution < 1.29 is 9.59 Å². The number of nitrogens with one attached hydrogen (secondary N) is 1. The van der Waals surface area contributed by atoms with E-state index in [2.05, 4.69) is 22.5 Å². The number of hydrogen-bond acceptors (Lipinski definition) is 4. The monoisotopic (exact) mass is 472 g/mol. The van der Waals surface area contributed by atoms with Crippen molar-refractivity contribution in [2.24, 2.45) is 0 Å². The number of amides is 2. The van der Waals surface area contributed by atoms with Crippen molar-refractivity contribution in [2.45, 2.75) is 39.3 Å². The van der Waals surface area contributed by atoms with Crippen LogP contribution in [0.15, 0.2) is 60.7 Å². The van der Waals surface area contributed by atoms with Crippen molar-refractivity contribution in [2.75, 3.05) is 13.1 Å². The summed E-state index contributed by atoms with van der Waals surface area (Å²) in [5.41, 5.74) is 3.81. The van der Waals surface area contributed by atoms with E-state index in [0.717, 1.165) is 39.2 Å². The van der Waals surface area contributed by atoms with Crippen LogP contribution in [0.2, 0.25) is 0 Å². The van der Waals surface area contributed by atoms with Crippen LogP contribution in [0.5, 0.6) is 0 Å². The van der Waals surface area contributed by atoms with Crippen LogP contribution >= 0.6 is 11.3 Å². The lowest BCUT2D eigenvalue weighted by molar-refractivity contribution is 0.0703. The molecule has 174 valence electrons. The van der Waals surface area contributed by atoms with Gasteiger partial charge < -0.3 is 10.2 Å². The number of hydrogen-bond donors (Lipinski definition) is 1. The number of aromatic nitrogens is 2. The number of nitrogens with zero attached hydrogens (tertiary/aromatic N) is 3. The molecule has 4 aromatic rings. The third-order valence-electron chi connectivity index (χ3n) is 6.50. The van der Waals surface area contributed by atoms with Crippen LogP contribution in [-0.2, 0) is 6.54 Å². The number of fused-ring (bicyclic) bond motifs is 1. The summed E-state index contributed by atoms with van der Waals surface area (Å²) in [6.45, 7) is 5.91. The molecule has 6 nitrogen and oxygen atoms in total. The second kappa shape index (κ2) is 9.43. The summed E-state index contributed by atoms with van der Waals surface area (Å²) in [4.78, 5) is 29.6. The van der Waals surface area contributed by atoms with E-state index < -0.39 is 0 Å². The highest BCUT2D eigenvalue weighted by Crippen LogP contribution is 2.30. The minimum absolute atomic E-state index is 0.0363. The van der Waals surface area contributed by atoms with Gasteiger partial charge in [0.1, 0.15) is 4.83 Å². The molecule has 0 aliphatic carbocycles. The van der Waals surface area contributed by atoms with Crippen LogP contribution < -0.4 is 5.32 Å². The second-order valence-electron chi connectivity index (χ2n) is 8.91. The number of thiophene rings is 1. The van der Waals surface area contributed by atoms with Gasteiger partial charge in [-0.3, -0.25) is 14.3 Å². The average Bonchev–Trinajstić information content (AvgIpc) is 3.41. The van der Waals surface area contributed by atoms with Gasteiger partial charge in [0.05, 0.1) is 17.1 Å². The lowest BCUT2D eigenvalue weighted by atomic mass is 10.0. The Morgan fingerprint density at radius 2 is 1.74 bits per heavy atom. The predicted molar refractivity (Wildman–Crippen MR) is 135 cm³/mol. The highest BCUT2D eigenvalue weighted by Gasteiger charge is 2.27. The summed E-state index contributed by atoms with van der Waals surface area (Å²) in [6.07, 6.45) is 1.52. The summed E-state index contributed by atoms with van der Waals surface area (Å²) in [5, 5.41) is 8.88. The van der Waals surface area contributed by atoms with Crippen LogP contribution in [0.25, 0.3) is 10.2 Å². The smallest absolute Gasteiger partial charge is 0.264 e. The molecule has 0 bridgehead atoms. The van der Waals surface area contributed by atoms with E-state index in [9.17, 15) is 9.59 Å². The predicted octanol–water partition coefficient (Wildman–Crippen LogP) is 4.80. The Kier molecular flexibility index (Phi) is 6.20. The second-order valence-corrected chi connectivity index (χ2v) is 9.94. The minimum Gasteiger partial charge on any atom is -0.349 e. The highest BCUT2D eigenvalue weighted by molar-refractivity contribution is 7.20. The lowest BCUT2D eigenvalue weighted by Crippen LogP contribution is -2.46. The molecule has 1 fully saturated rings. The first-order chi connectivity index (χ1) is 16.5. The zero-order chi connectivity index (χ0) is 23.7. The highest BCUT2D eigenvalue weighted by atomic mass is 32.1. The lowest BCUT2D eigenvalue weighted by Gasteiger charge is -2.32. The Bertz CT molecular complexity index is 1330. The van der Waals surface area contributed by atoms with E-state index in [1.807, 2.05) is 72.0 Å². The van der Waals surface area contributed by atoms with Crippen molar-refractivity contribution in [1.82, 2.24) is 20.0 Å². The van der Waals surface area contributed by atoms with Crippen molar-refractivity contribution >= 4 is 33.4 Å². The fourth-order valence-electron chi connectivity index (χ4n) is 4.56. The molecule has 1 aliphatic heterocycles. The van der Waals surface area contributed by atoms with Crippen molar-refractivity contribution in [3.05, 3.63) is 87.9 Å². The van der Waals surface area contributed by atoms with Crippen LogP contribution in [0.4, 0.5) is 0 Å². The Morgan fingerprint density at radius 3 is 2.47 bits per heavy atom. The Labute approximate surface area is 203 Å². The number of aryl methyl sites for hydroxylation is 2. The fourth-order valence-corrected chi connectivity index (χ4v) is 5.68. The maximum absolute atomic E-state index is 13.3. The first kappa shape index (κ1) is 22.3. The molecule has 0 radical (unpaired) electrons. The summed E-state index contributed by atoms with van der Waals surface area (Å²) in [7, 11) is 0. The third-order valence-corrected chi connectivity index (χ3v) is 7.64. The van der Waals surface area contributed by atoms with Gasteiger partial charge >= 0.3 is 0 Å². The molecule has 1 N–H and O–H groups in total. The molecule has 2 aromatic heterocycles. The molecule has 1 aliphatic rings. The summed E-state index contributed by atoms with van der Waals surface area (Å²) in [6, 6.07) is 19.9. The average molecular weight is 473 g/mol. The molecular weight excluding hydrogens is 444 g/mol. The van der Waals surface area contributed by atoms with Gasteiger partial charge in [-0.25, -0.2) is 0 Å². The largest absolute Gasteiger partial charge is 0.349 e. The molecule has 5 rings (SSSR count). The van der Waals surface area contributed by atoms with Gasteiger partial charge in [0.15, 0.2) is 0 Å². The maximum atomic E-state index is 13.3. The molecule has 2 aromatic carbocycles. The van der Waals surface area contributed by atoms with Crippen LogP contribution in [0, 0.1) is 13.8 Å². The van der Waals surface area contributed by atoms with Gasteiger partial charge in [0.25, 0.3) is 11.8 Å². The Balaban J connectivity index is 1.24. The van der Waals surface area contributed by atoms with E-state index in [-0.39, 0.29) is 17.9 Å². The van der Waals surface area contributed by atoms with Gasteiger partial charge in [0.2, 0.25) is 0 Å². The van der Waals surface area contributed by atoms with Gasteiger partial charge in [-0.2, -0.15) is 5.10 Å². The molecule has 0 saturated carbocycles. The normalized spacial score (nSPS) is 14.5. The molecule has 0 spiro atoms. The molecular formula is C27H28N4O2S. The number of carbonyl (C=O) groups excluding carboxylic acids is 2. The quantitative estimate of drug-likeness (QED) is 0.454. The maximum Gasteiger partial charge on any atom is 0.264 e. The van der Waals surface area contributed by atoms with Crippen molar-refractivity contribution in [3.63, 3.8) is 0 Å². The van der Waals surface area contributed by atoms with Gasteiger partial charge in [-0.05, 0) is 49.9 Å². The van der Waals surface area contributed by atoms with Gasteiger partial charge in [-0.15, -0.1) is 11.3 Å². The van der Waals surface area contributed by atoms with Gasteiger partial charge in [-0.1, -0.05) is 48.5 Å².